The molecule has 0 spiro atoms. The summed E-state index contributed by atoms with van der Waals surface area (Å²) in [5.74, 6) is 1.85. The van der Waals surface area contributed by atoms with Crippen molar-refractivity contribution in [1.82, 2.24) is 15.0 Å². The van der Waals surface area contributed by atoms with Crippen LogP contribution in [0.25, 0.3) is 11.3 Å². The molecule has 2 heterocycles. The van der Waals surface area contributed by atoms with Crippen LogP contribution in [0.1, 0.15) is 43.8 Å². The van der Waals surface area contributed by atoms with Crippen molar-refractivity contribution in [3.05, 3.63) is 35.4 Å². The lowest BCUT2D eigenvalue weighted by atomic mass is 10.1. The molecule has 0 radical (unpaired) electrons. The SMILES string of the molecule is CCCNc1nc(CCC)nc(-c2ccc(C)nc2)c1C. The maximum absolute atomic E-state index is 4.74. The van der Waals surface area contributed by atoms with Gasteiger partial charge in [-0.15, -0.1) is 0 Å². The van der Waals surface area contributed by atoms with Gasteiger partial charge >= 0.3 is 0 Å². The van der Waals surface area contributed by atoms with Gasteiger partial charge in [0.25, 0.3) is 0 Å². The Hall–Kier alpha value is -1.97. The zero-order chi connectivity index (χ0) is 15.2. The Bertz CT molecular complexity index is 590. The van der Waals surface area contributed by atoms with Crippen LogP contribution < -0.4 is 5.32 Å². The molecule has 4 nitrogen and oxygen atoms in total. The first kappa shape index (κ1) is 15.4. The van der Waals surface area contributed by atoms with Crippen molar-refractivity contribution in [2.45, 2.75) is 47.0 Å². The van der Waals surface area contributed by atoms with Crippen LogP contribution in [-0.4, -0.2) is 21.5 Å². The predicted molar refractivity (Wildman–Crippen MR) is 87.5 cm³/mol. The molecular weight excluding hydrogens is 260 g/mol. The molecule has 0 fully saturated rings. The molecule has 4 heteroatoms. The minimum Gasteiger partial charge on any atom is -0.370 e. The van der Waals surface area contributed by atoms with Crippen LogP contribution in [0, 0.1) is 13.8 Å². The van der Waals surface area contributed by atoms with Crippen molar-refractivity contribution >= 4 is 5.82 Å². The van der Waals surface area contributed by atoms with Crippen molar-refractivity contribution < 1.29 is 0 Å². The fourth-order valence-corrected chi connectivity index (χ4v) is 2.20. The molecule has 2 rings (SSSR count). The average Bonchev–Trinajstić information content (AvgIpc) is 2.49. The largest absolute Gasteiger partial charge is 0.370 e. The Kier molecular flexibility index (Phi) is 5.26. The second-order valence-corrected chi connectivity index (χ2v) is 5.33. The highest BCUT2D eigenvalue weighted by Crippen LogP contribution is 2.25. The van der Waals surface area contributed by atoms with Crippen LogP contribution >= 0.6 is 0 Å². The van der Waals surface area contributed by atoms with Gasteiger partial charge in [0.2, 0.25) is 0 Å². The van der Waals surface area contributed by atoms with Crippen LogP contribution in [0.4, 0.5) is 5.82 Å². The molecule has 1 N–H and O–H groups in total. The van der Waals surface area contributed by atoms with E-state index in [2.05, 4.69) is 42.1 Å². The second-order valence-electron chi connectivity index (χ2n) is 5.33. The predicted octanol–water partition coefficient (Wildman–Crippen LogP) is 3.93. The Balaban J connectivity index is 2.46. The van der Waals surface area contributed by atoms with Crippen molar-refractivity contribution in [3.63, 3.8) is 0 Å². The fraction of sp³-hybridized carbons (Fsp3) is 0.471. The lowest BCUT2D eigenvalue weighted by Gasteiger charge is -2.13. The molecule has 0 atom stereocenters. The lowest BCUT2D eigenvalue weighted by molar-refractivity contribution is 0.830. The number of nitrogens with one attached hydrogen (secondary N) is 1. The maximum atomic E-state index is 4.74. The topological polar surface area (TPSA) is 50.7 Å². The molecule has 0 saturated carbocycles. The Morgan fingerprint density at radius 2 is 1.86 bits per heavy atom. The van der Waals surface area contributed by atoms with Gasteiger partial charge in [0.1, 0.15) is 11.6 Å². The number of pyridine rings is 1. The summed E-state index contributed by atoms with van der Waals surface area (Å²) in [6.45, 7) is 9.29. The number of aromatic nitrogens is 3. The normalized spacial score (nSPS) is 10.7. The van der Waals surface area contributed by atoms with Gasteiger partial charge in [0.05, 0.1) is 5.69 Å². The van der Waals surface area contributed by atoms with Crippen LogP contribution in [0.2, 0.25) is 0 Å². The number of rotatable bonds is 6. The van der Waals surface area contributed by atoms with Crippen LogP contribution in [0.15, 0.2) is 18.3 Å². The van der Waals surface area contributed by atoms with Crippen molar-refractivity contribution in [2.24, 2.45) is 0 Å². The summed E-state index contributed by atoms with van der Waals surface area (Å²) >= 11 is 0. The number of aryl methyl sites for hydroxylation is 2. The Labute approximate surface area is 127 Å². The van der Waals surface area contributed by atoms with Crippen LogP contribution in [0.5, 0.6) is 0 Å². The Morgan fingerprint density at radius 1 is 1.05 bits per heavy atom. The molecular formula is C17H24N4. The van der Waals surface area contributed by atoms with Crippen LogP contribution in [0.3, 0.4) is 0 Å². The molecule has 2 aromatic heterocycles. The standard InChI is InChI=1S/C17H24N4/c1-5-7-15-20-16(14-9-8-12(3)19-11-14)13(4)17(21-15)18-10-6-2/h8-9,11H,5-7,10H2,1-4H3,(H,18,20,21). The third-order valence-electron chi connectivity index (χ3n) is 3.39. The van der Waals surface area contributed by atoms with E-state index < -0.39 is 0 Å². The van der Waals surface area contributed by atoms with Crippen molar-refractivity contribution in [1.29, 1.82) is 0 Å². The summed E-state index contributed by atoms with van der Waals surface area (Å²) in [4.78, 5) is 13.8. The summed E-state index contributed by atoms with van der Waals surface area (Å²) in [5, 5.41) is 3.41. The molecule has 0 aromatic carbocycles. The van der Waals surface area contributed by atoms with E-state index in [0.29, 0.717) is 0 Å². The third-order valence-corrected chi connectivity index (χ3v) is 3.39. The number of nitrogens with zero attached hydrogens (tertiary/aromatic N) is 3. The fourth-order valence-electron chi connectivity index (χ4n) is 2.20. The van der Waals surface area contributed by atoms with Gasteiger partial charge in [0, 0.05) is 36.0 Å². The molecule has 0 unspecified atom stereocenters. The first-order chi connectivity index (χ1) is 10.2. The maximum Gasteiger partial charge on any atom is 0.133 e. The highest BCUT2D eigenvalue weighted by molar-refractivity contribution is 5.67. The summed E-state index contributed by atoms with van der Waals surface area (Å²) in [7, 11) is 0. The zero-order valence-corrected chi connectivity index (χ0v) is 13.4. The molecule has 0 bridgehead atoms. The van der Waals surface area contributed by atoms with E-state index in [1.54, 1.807) is 0 Å². The third kappa shape index (κ3) is 3.78. The first-order valence-electron chi connectivity index (χ1n) is 7.70. The zero-order valence-electron chi connectivity index (χ0n) is 13.4. The summed E-state index contributed by atoms with van der Waals surface area (Å²) in [5.41, 5.74) is 4.15. The molecule has 112 valence electrons. The van der Waals surface area contributed by atoms with E-state index in [1.807, 2.05) is 19.2 Å². The lowest BCUT2D eigenvalue weighted by Crippen LogP contribution is -2.09. The van der Waals surface area contributed by atoms with Gasteiger partial charge in [-0.2, -0.15) is 0 Å². The monoisotopic (exact) mass is 284 g/mol. The molecule has 0 amide bonds. The number of hydrogen-bond donors (Lipinski definition) is 1. The van der Waals surface area contributed by atoms with Gasteiger partial charge in [-0.25, -0.2) is 9.97 Å². The Morgan fingerprint density at radius 3 is 2.48 bits per heavy atom. The van der Waals surface area contributed by atoms with Gasteiger partial charge in [-0.1, -0.05) is 13.8 Å². The van der Waals surface area contributed by atoms with E-state index in [0.717, 1.165) is 60.0 Å². The molecule has 2 aromatic rings. The molecule has 0 aliphatic heterocycles. The molecule has 0 saturated heterocycles. The highest BCUT2D eigenvalue weighted by atomic mass is 15.0. The summed E-state index contributed by atoms with van der Waals surface area (Å²) in [6.07, 6.45) is 4.91. The van der Waals surface area contributed by atoms with Gasteiger partial charge in [0.15, 0.2) is 0 Å². The minimum atomic E-state index is 0.896. The first-order valence-corrected chi connectivity index (χ1v) is 7.70. The summed E-state index contributed by atoms with van der Waals surface area (Å²) < 4.78 is 0. The van der Waals surface area contributed by atoms with Crippen molar-refractivity contribution in [3.8, 4) is 11.3 Å². The number of anilines is 1. The van der Waals surface area contributed by atoms with Gasteiger partial charge in [-0.3, -0.25) is 4.98 Å². The smallest absolute Gasteiger partial charge is 0.133 e. The van der Waals surface area contributed by atoms with E-state index >= 15 is 0 Å². The van der Waals surface area contributed by atoms with Crippen molar-refractivity contribution in [2.75, 3.05) is 11.9 Å². The summed E-state index contributed by atoms with van der Waals surface area (Å²) in [6, 6.07) is 4.10. The highest BCUT2D eigenvalue weighted by Gasteiger charge is 2.12. The van der Waals surface area contributed by atoms with E-state index in [-0.39, 0.29) is 0 Å². The van der Waals surface area contributed by atoms with E-state index in [4.69, 9.17) is 4.98 Å². The van der Waals surface area contributed by atoms with Gasteiger partial charge in [-0.05, 0) is 38.8 Å². The van der Waals surface area contributed by atoms with E-state index in [1.165, 1.54) is 0 Å². The quantitative estimate of drug-likeness (QED) is 0.873. The molecule has 0 aliphatic rings. The molecule has 21 heavy (non-hydrogen) atoms. The van der Waals surface area contributed by atoms with Crippen LogP contribution in [-0.2, 0) is 6.42 Å². The van der Waals surface area contributed by atoms with E-state index in [9.17, 15) is 0 Å². The minimum absolute atomic E-state index is 0.896. The molecule has 0 aliphatic carbocycles. The number of hydrogen-bond acceptors (Lipinski definition) is 4. The average molecular weight is 284 g/mol. The van der Waals surface area contributed by atoms with Gasteiger partial charge < -0.3 is 5.32 Å². The second kappa shape index (κ2) is 7.16.